The van der Waals surface area contributed by atoms with Crippen LogP contribution in [0, 0.1) is 5.82 Å². The first-order valence-electron chi connectivity index (χ1n) is 3.39. The summed E-state index contributed by atoms with van der Waals surface area (Å²) in [5.74, 6) is -0.513. The zero-order chi connectivity index (χ0) is 9.19. The van der Waals surface area contributed by atoms with E-state index in [1.807, 2.05) is 0 Å². The molecule has 4 heteroatoms. The third-order valence-corrected chi connectivity index (χ3v) is 2.18. The van der Waals surface area contributed by atoms with Crippen LogP contribution in [-0.2, 0) is 15.6 Å². The van der Waals surface area contributed by atoms with Crippen molar-refractivity contribution in [3.8, 4) is 0 Å². The molecule has 0 N–H and O–H groups in total. The van der Waals surface area contributed by atoms with Gasteiger partial charge in [-0.25, -0.2) is 12.8 Å². The Bertz CT molecular complexity index is 370. The summed E-state index contributed by atoms with van der Waals surface area (Å²) >= 11 is 0. The van der Waals surface area contributed by atoms with Crippen LogP contribution >= 0.6 is 0 Å². The van der Waals surface area contributed by atoms with E-state index < -0.39 is 15.7 Å². The van der Waals surface area contributed by atoms with Crippen molar-refractivity contribution >= 4 is 9.84 Å². The number of benzene rings is 1. The molecule has 0 radical (unpaired) electrons. The van der Waals surface area contributed by atoms with Crippen LogP contribution in [-0.4, -0.2) is 14.7 Å². The molecule has 0 aliphatic carbocycles. The van der Waals surface area contributed by atoms with Gasteiger partial charge in [0.05, 0.1) is 5.75 Å². The molecule has 0 aliphatic rings. The Hall–Kier alpha value is -0.900. The molecule has 0 spiro atoms. The van der Waals surface area contributed by atoms with Gasteiger partial charge >= 0.3 is 0 Å². The average Bonchev–Trinajstić information content (AvgIpc) is 1.82. The minimum Gasteiger partial charge on any atom is -0.229 e. The summed E-state index contributed by atoms with van der Waals surface area (Å²) in [7, 11) is -3.06. The molecule has 0 atom stereocenters. The molecule has 0 unspecified atom stereocenters. The molecule has 0 bridgehead atoms. The van der Waals surface area contributed by atoms with E-state index in [1.165, 1.54) is 18.2 Å². The first-order valence-corrected chi connectivity index (χ1v) is 5.45. The highest BCUT2D eigenvalue weighted by Crippen LogP contribution is 2.06. The van der Waals surface area contributed by atoms with Crippen LogP contribution < -0.4 is 0 Å². The summed E-state index contributed by atoms with van der Waals surface area (Å²) < 4.78 is 34.1. The Morgan fingerprint density at radius 3 is 2.58 bits per heavy atom. The van der Waals surface area contributed by atoms with Crippen LogP contribution in [0.3, 0.4) is 0 Å². The maximum atomic E-state index is 12.5. The molecule has 0 aromatic heterocycles. The molecule has 1 aromatic rings. The fourth-order valence-electron chi connectivity index (χ4n) is 0.929. The van der Waals surface area contributed by atoms with E-state index in [0.717, 1.165) is 6.26 Å². The largest absolute Gasteiger partial charge is 0.229 e. The van der Waals surface area contributed by atoms with Crippen molar-refractivity contribution in [1.82, 2.24) is 0 Å². The minimum absolute atomic E-state index is 0.106. The van der Waals surface area contributed by atoms with Crippen molar-refractivity contribution in [2.75, 3.05) is 6.26 Å². The predicted octanol–water partition coefficient (Wildman–Crippen LogP) is 1.37. The Balaban J connectivity index is 2.91. The molecule has 0 heterocycles. The van der Waals surface area contributed by atoms with Gasteiger partial charge in [-0.15, -0.1) is 0 Å². The number of hydrogen-bond acceptors (Lipinski definition) is 2. The molecular weight excluding hydrogens is 179 g/mol. The highest BCUT2D eigenvalue weighted by atomic mass is 32.2. The highest BCUT2D eigenvalue weighted by molar-refractivity contribution is 7.89. The molecule has 0 aliphatic heterocycles. The Labute approximate surface area is 71.0 Å². The van der Waals surface area contributed by atoms with Gasteiger partial charge in [-0.05, 0) is 17.7 Å². The van der Waals surface area contributed by atoms with Crippen molar-refractivity contribution in [2.24, 2.45) is 0 Å². The molecule has 1 aromatic carbocycles. The summed E-state index contributed by atoms with van der Waals surface area (Å²) in [5.41, 5.74) is 0.484. The lowest BCUT2D eigenvalue weighted by Gasteiger charge is -1.97. The van der Waals surface area contributed by atoms with Crippen molar-refractivity contribution in [2.45, 2.75) is 5.75 Å². The molecule has 0 amide bonds. The van der Waals surface area contributed by atoms with Gasteiger partial charge in [-0.3, -0.25) is 0 Å². The second-order valence-corrected chi connectivity index (χ2v) is 4.84. The van der Waals surface area contributed by atoms with Crippen LogP contribution in [0.25, 0.3) is 0 Å². The predicted molar refractivity (Wildman–Crippen MR) is 44.9 cm³/mol. The molecule has 2 nitrogen and oxygen atoms in total. The average molecular weight is 188 g/mol. The first kappa shape index (κ1) is 9.19. The Morgan fingerprint density at radius 2 is 2.08 bits per heavy atom. The van der Waals surface area contributed by atoms with Gasteiger partial charge < -0.3 is 0 Å². The van der Waals surface area contributed by atoms with Gasteiger partial charge in [0.15, 0.2) is 9.84 Å². The van der Waals surface area contributed by atoms with Gasteiger partial charge in [-0.2, -0.15) is 0 Å². The molecule has 66 valence electrons. The number of halogens is 1. The third kappa shape index (κ3) is 3.00. The second-order valence-electron chi connectivity index (χ2n) is 2.70. The molecular formula is C8H9FO2S. The minimum atomic E-state index is -3.06. The zero-order valence-electron chi connectivity index (χ0n) is 6.62. The highest BCUT2D eigenvalue weighted by Gasteiger charge is 2.04. The van der Waals surface area contributed by atoms with E-state index in [2.05, 4.69) is 0 Å². The van der Waals surface area contributed by atoms with Crippen molar-refractivity contribution in [3.63, 3.8) is 0 Å². The Kier molecular flexibility index (Phi) is 2.47. The van der Waals surface area contributed by atoms with E-state index in [4.69, 9.17) is 0 Å². The van der Waals surface area contributed by atoms with Crippen LogP contribution in [0.5, 0.6) is 0 Å². The number of hydrogen-bond donors (Lipinski definition) is 0. The normalized spacial score (nSPS) is 11.5. The van der Waals surface area contributed by atoms with Gasteiger partial charge in [-0.1, -0.05) is 12.1 Å². The number of rotatable bonds is 2. The van der Waals surface area contributed by atoms with Crippen molar-refractivity contribution in [3.05, 3.63) is 35.6 Å². The van der Waals surface area contributed by atoms with Crippen LogP contribution in [0.4, 0.5) is 4.39 Å². The van der Waals surface area contributed by atoms with E-state index >= 15 is 0 Å². The maximum absolute atomic E-state index is 12.5. The fraction of sp³-hybridized carbons (Fsp3) is 0.250. The fourth-order valence-corrected chi connectivity index (χ4v) is 1.71. The lowest BCUT2D eigenvalue weighted by atomic mass is 10.2. The summed E-state index contributed by atoms with van der Waals surface area (Å²) in [6.45, 7) is 0. The van der Waals surface area contributed by atoms with Crippen LogP contribution in [0.1, 0.15) is 5.56 Å². The maximum Gasteiger partial charge on any atom is 0.151 e. The molecule has 0 fully saturated rings. The van der Waals surface area contributed by atoms with Crippen molar-refractivity contribution in [1.29, 1.82) is 0 Å². The van der Waals surface area contributed by atoms with E-state index in [0.29, 0.717) is 5.56 Å². The zero-order valence-corrected chi connectivity index (χ0v) is 7.44. The van der Waals surface area contributed by atoms with Crippen LogP contribution in [0.15, 0.2) is 24.3 Å². The lowest BCUT2D eigenvalue weighted by molar-refractivity contribution is 0.600. The first-order chi connectivity index (χ1) is 5.47. The summed E-state index contributed by atoms with van der Waals surface area (Å²) in [5, 5.41) is 0. The van der Waals surface area contributed by atoms with Gasteiger partial charge in [0, 0.05) is 6.26 Å². The van der Waals surface area contributed by atoms with Gasteiger partial charge in [0.25, 0.3) is 0 Å². The number of sulfone groups is 1. The Morgan fingerprint density at radius 1 is 1.42 bits per heavy atom. The van der Waals surface area contributed by atoms with Gasteiger partial charge in [0.1, 0.15) is 5.82 Å². The van der Waals surface area contributed by atoms with Crippen LogP contribution in [0.2, 0.25) is 0 Å². The quantitative estimate of drug-likeness (QED) is 0.702. The van der Waals surface area contributed by atoms with Crippen molar-refractivity contribution < 1.29 is 12.8 Å². The lowest BCUT2D eigenvalue weighted by Crippen LogP contribution is -2.00. The summed E-state index contributed by atoms with van der Waals surface area (Å²) in [6, 6.07) is 5.59. The molecule has 0 saturated carbocycles. The molecule has 12 heavy (non-hydrogen) atoms. The smallest absolute Gasteiger partial charge is 0.151 e. The summed E-state index contributed by atoms with van der Waals surface area (Å²) in [6.07, 6.45) is 1.12. The third-order valence-electron chi connectivity index (χ3n) is 1.32. The topological polar surface area (TPSA) is 34.1 Å². The van der Waals surface area contributed by atoms with E-state index in [1.54, 1.807) is 6.07 Å². The monoisotopic (exact) mass is 188 g/mol. The summed E-state index contributed by atoms with van der Waals surface area (Å²) in [4.78, 5) is 0. The second kappa shape index (κ2) is 3.23. The SMILES string of the molecule is CS(=O)(=O)Cc1cccc(F)c1. The van der Waals surface area contributed by atoms with E-state index in [-0.39, 0.29) is 5.75 Å². The van der Waals surface area contributed by atoms with Gasteiger partial charge in [0.2, 0.25) is 0 Å². The van der Waals surface area contributed by atoms with E-state index in [9.17, 15) is 12.8 Å². The standard InChI is InChI=1S/C8H9FO2S/c1-12(10,11)6-7-3-2-4-8(9)5-7/h2-5H,6H2,1H3. The molecule has 0 saturated heterocycles. The molecule has 1 rings (SSSR count).